The van der Waals surface area contributed by atoms with Crippen LogP contribution in [0.5, 0.6) is 5.75 Å². The van der Waals surface area contributed by atoms with Gasteiger partial charge in [-0.3, -0.25) is 4.79 Å². The van der Waals surface area contributed by atoms with E-state index in [4.69, 9.17) is 0 Å². The molecule has 0 aliphatic rings. The lowest BCUT2D eigenvalue weighted by molar-refractivity contribution is 0.0950. The van der Waals surface area contributed by atoms with E-state index in [1.54, 1.807) is 24.3 Å². The first kappa shape index (κ1) is 13.6. The molecule has 2 N–H and O–H groups in total. The zero-order chi connectivity index (χ0) is 13.8. The van der Waals surface area contributed by atoms with Crippen LogP contribution < -0.4 is 5.32 Å². The van der Waals surface area contributed by atoms with E-state index in [-0.39, 0.29) is 11.7 Å². The third-order valence-electron chi connectivity index (χ3n) is 2.88. The second-order valence-electron chi connectivity index (χ2n) is 4.26. The number of phenols is 1. The Morgan fingerprint density at radius 3 is 2.74 bits per heavy atom. The molecule has 0 heterocycles. The summed E-state index contributed by atoms with van der Waals surface area (Å²) in [5.41, 5.74) is 2.42. The molecule has 19 heavy (non-hydrogen) atoms. The van der Waals surface area contributed by atoms with Gasteiger partial charge < -0.3 is 10.4 Å². The quantitative estimate of drug-likeness (QED) is 0.911. The average Bonchev–Trinajstić information content (AvgIpc) is 2.39. The molecular weight excluding hydrogens is 306 g/mol. The van der Waals surface area contributed by atoms with Crippen LogP contribution in [0, 0.1) is 6.92 Å². The molecule has 2 aromatic carbocycles. The lowest BCUT2D eigenvalue weighted by Gasteiger charge is -2.09. The number of carbonyl (C=O) groups excluding carboxylic acids is 1. The molecule has 2 aromatic rings. The monoisotopic (exact) mass is 319 g/mol. The Labute approximate surface area is 120 Å². The van der Waals surface area contributed by atoms with Crippen molar-refractivity contribution in [3.63, 3.8) is 0 Å². The van der Waals surface area contributed by atoms with Crippen LogP contribution in [0.2, 0.25) is 0 Å². The number of carbonyl (C=O) groups is 1. The highest BCUT2D eigenvalue weighted by Crippen LogP contribution is 2.19. The van der Waals surface area contributed by atoms with Crippen molar-refractivity contribution in [3.05, 3.63) is 63.6 Å². The normalized spacial score (nSPS) is 10.2. The molecule has 0 aliphatic carbocycles. The fraction of sp³-hybridized carbons (Fsp3) is 0.133. The maximum Gasteiger partial charge on any atom is 0.251 e. The van der Waals surface area contributed by atoms with Crippen LogP contribution in [0.1, 0.15) is 21.5 Å². The van der Waals surface area contributed by atoms with Crippen LogP contribution in [0.4, 0.5) is 0 Å². The number of phenolic OH excluding ortho intramolecular Hbond substituents is 1. The van der Waals surface area contributed by atoms with E-state index >= 15 is 0 Å². The summed E-state index contributed by atoms with van der Waals surface area (Å²) < 4.78 is 0.914. The molecule has 0 saturated heterocycles. The fourth-order valence-corrected chi connectivity index (χ4v) is 2.16. The highest BCUT2D eigenvalue weighted by Gasteiger charge is 2.10. The van der Waals surface area contributed by atoms with Gasteiger partial charge in [0.1, 0.15) is 5.75 Å². The summed E-state index contributed by atoms with van der Waals surface area (Å²) in [6, 6.07) is 12.4. The summed E-state index contributed by atoms with van der Waals surface area (Å²) in [4.78, 5) is 12.1. The second-order valence-corrected chi connectivity index (χ2v) is 5.12. The Kier molecular flexibility index (Phi) is 4.22. The summed E-state index contributed by atoms with van der Waals surface area (Å²) in [6.07, 6.45) is 0. The van der Waals surface area contributed by atoms with Crippen molar-refractivity contribution in [1.82, 2.24) is 5.32 Å². The van der Waals surface area contributed by atoms with Crippen LogP contribution in [-0.4, -0.2) is 11.0 Å². The number of hydrogen-bond acceptors (Lipinski definition) is 2. The van der Waals surface area contributed by atoms with Crippen molar-refractivity contribution in [2.45, 2.75) is 13.5 Å². The number of aromatic hydroxyl groups is 1. The standard InChI is InChI=1S/C15H14BrNO2/c1-10-13(6-3-7-14(10)16)15(19)17-9-11-4-2-5-12(18)8-11/h2-8,18H,9H2,1H3,(H,17,19). The molecule has 0 unspecified atom stereocenters. The van der Waals surface area contributed by atoms with Gasteiger partial charge in [-0.05, 0) is 42.3 Å². The fourth-order valence-electron chi connectivity index (χ4n) is 1.80. The zero-order valence-electron chi connectivity index (χ0n) is 10.5. The van der Waals surface area contributed by atoms with Crippen molar-refractivity contribution in [1.29, 1.82) is 0 Å². The van der Waals surface area contributed by atoms with Crippen LogP contribution in [0.15, 0.2) is 46.9 Å². The van der Waals surface area contributed by atoms with Crippen LogP contribution in [-0.2, 0) is 6.54 Å². The Bertz CT molecular complexity index is 611. The van der Waals surface area contributed by atoms with Crippen molar-refractivity contribution < 1.29 is 9.90 Å². The molecule has 0 radical (unpaired) electrons. The molecule has 98 valence electrons. The summed E-state index contributed by atoms with van der Waals surface area (Å²) >= 11 is 3.41. The van der Waals surface area contributed by atoms with Gasteiger partial charge in [-0.1, -0.05) is 34.1 Å². The van der Waals surface area contributed by atoms with Crippen molar-refractivity contribution in [2.75, 3.05) is 0 Å². The maximum absolute atomic E-state index is 12.1. The maximum atomic E-state index is 12.1. The van der Waals surface area contributed by atoms with E-state index < -0.39 is 0 Å². The minimum Gasteiger partial charge on any atom is -0.508 e. The van der Waals surface area contributed by atoms with Gasteiger partial charge in [0, 0.05) is 16.6 Å². The molecule has 0 aromatic heterocycles. The molecule has 0 aliphatic heterocycles. The first-order valence-electron chi connectivity index (χ1n) is 5.89. The number of benzene rings is 2. The average molecular weight is 320 g/mol. The zero-order valence-corrected chi connectivity index (χ0v) is 12.1. The molecule has 4 heteroatoms. The summed E-state index contributed by atoms with van der Waals surface area (Å²) in [5, 5.41) is 12.2. The largest absolute Gasteiger partial charge is 0.508 e. The van der Waals surface area contributed by atoms with Gasteiger partial charge >= 0.3 is 0 Å². The second kappa shape index (κ2) is 5.89. The van der Waals surface area contributed by atoms with Gasteiger partial charge in [0.25, 0.3) is 5.91 Å². The molecular formula is C15H14BrNO2. The number of rotatable bonds is 3. The Morgan fingerprint density at radius 1 is 1.26 bits per heavy atom. The molecule has 0 spiro atoms. The SMILES string of the molecule is Cc1c(Br)cccc1C(=O)NCc1cccc(O)c1. The predicted molar refractivity (Wildman–Crippen MR) is 78.2 cm³/mol. The van der Waals surface area contributed by atoms with Crippen LogP contribution >= 0.6 is 15.9 Å². The molecule has 0 atom stereocenters. The van der Waals surface area contributed by atoms with E-state index in [2.05, 4.69) is 21.2 Å². The Balaban J connectivity index is 2.08. The van der Waals surface area contributed by atoms with Crippen molar-refractivity contribution in [3.8, 4) is 5.75 Å². The highest BCUT2D eigenvalue weighted by atomic mass is 79.9. The van der Waals surface area contributed by atoms with Gasteiger partial charge in [0.05, 0.1) is 0 Å². The van der Waals surface area contributed by atoms with Crippen molar-refractivity contribution in [2.24, 2.45) is 0 Å². The summed E-state index contributed by atoms with van der Waals surface area (Å²) in [6.45, 7) is 2.28. The number of nitrogens with one attached hydrogen (secondary N) is 1. The van der Waals surface area contributed by atoms with E-state index in [0.717, 1.165) is 15.6 Å². The smallest absolute Gasteiger partial charge is 0.251 e. The predicted octanol–water partition coefficient (Wildman–Crippen LogP) is 3.39. The minimum absolute atomic E-state index is 0.123. The lowest BCUT2D eigenvalue weighted by Crippen LogP contribution is -2.23. The number of halogens is 1. The van der Waals surface area contributed by atoms with E-state index in [1.807, 2.05) is 25.1 Å². The third-order valence-corrected chi connectivity index (χ3v) is 3.74. The topological polar surface area (TPSA) is 49.3 Å². The molecule has 2 rings (SSSR count). The van der Waals surface area contributed by atoms with Crippen LogP contribution in [0.25, 0.3) is 0 Å². The summed E-state index contributed by atoms with van der Waals surface area (Å²) in [7, 11) is 0. The van der Waals surface area contributed by atoms with Crippen molar-refractivity contribution >= 4 is 21.8 Å². The third kappa shape index (κ3) is 3.35. The van der Waals surface area contributed by atoms with Gasteiger partial charge in [-0.25, -0.2) is 0 Å². The number of amides is 1. The van der Waals surface area contributed by atoms with Gasteiger partial charge in [-0.15, -0.1) is 0 Å². The van der Waals surface area contributed by atoms with Gasteiger partial charge in [0.15, 0.2) is 0 Å². The first-order valence-corrected chi connectivity index (χ1v) is 6.68. The minimum atomic E-state index is -0.123. The first-order chi connectivity index (χ1) is 9.08. The molecule has 0 fully saturated rings. The molecule has 1 amide bonds. The van der Waals surface area contributed by atoms with E-state index in [1.165, 1.54) is 0 Å². The van der Waals surface area contributed by atoms with Gasteiger partial charge in [-0.2, -0.15) is 0 Å². The molecule has 0 bridgehead atoms. The van der Waals surface area contributed by atoms with Crippen LogP contribution in [0.3, 0.4) is 0 Å². The highest BCUT2D eigenvalue weighted by molar-refractivity contribution is 9.10. The number of hydrogen-bond donors (Lipinski definition) is 2. The Morgan fingerprint density at radius 2 is 2.00 bits per heavy atom. The van der Waals surface area contributed by atoms with Gasteiger partial charge in [0.2, 0.25) is 0 Å². The summed E-state index contributed by atoms with van der Waals surface area (Å²) in [5.74, 6) is 0.0764. The Hall–Kier alpha value is -1.81. The molecule has 0 saturated carbocycles. The van der Waals surface area contributed by atoms with E-state index in [0.29, 0.717) is 12.1 Å². The molecule has 3 nitrogen and oxygen atoms in total. The lowest BCUT2D eigenvalue weighted by atomic mass is 10.1. The van der Waals surface area contributed by atoms with E-state index in [9.17, 15) is 9.90 Å².